The summed E-state index contributed by atoms with van der Waals surface area (Å²) in [6.45, 7) is 3.12. The van der Waals surface area contributed by atoms with Crippen LogP contribution < -0.4 is 20.1 Å². The van der Waals surface area contributed by atoms with E-state index in [2.05, 4.69) is 10.6 Å². The van der Waals surface area contributed by atoms with Crippen LogP contribution in [0.25, 0.3) is 0 Å². The fourth-order valence-corrected chi connectivity index (χ4v) is 3.06. The second kappa shape index (κ2) is 8.17. The third kappa shape index (κ3) is 4.14. The molecule has 128 valence electrons. The zero-order valence-electron chi connectivity index (χ0n) is 14.1. The zero-order chi connectivity index (χ0) is 16.7. The number of hydrogen-bond donors (Lipinski definition) is 2. The summed E-state index contributed by atoms with van der Waals surface area (Å²) in [7, 11) is 4.80. The number of carbonyl (C=O) groups excluding carboxylic acids is 1. The summed E-state index contributed by atoms with van der Waals surface area (Å²) in [5.41, 5.74) is 0.468. The maximum Gasteiger partial charge on any atom is 0.255 e. The minimum absolute atomic E-state index is 0.0121. The summed E-state index contributed by atoms with van der Waals surface area (Å²) >= 11 is 0. The Hall–Kier alpha value is -1.79. The Kier molecular flexibility index (Phi) is 6.24. The van der Waals surface area contributed by atoms with E-state index in [9.17, 15) is 4.79 Å². The molecular formula is C17H26N2O4. The predicted molar refractivity (Wildman–Crippen MR) is 88.3 cm³/mol. The lowest BCUT2D eigenvalue weighted by molar-refractivity contribution is 0.0511. The molecule has 0 atom stereocenters. The quantitative estimate of drug-likeness (QED) is 0.795. The van der Waals surface area contributed by atoms with Crippen molar-refractivity contribution in [1.82, 2.24) is 10.6 Å². The summed E-state index contributed by atoms with van der Waals surface area (Å²) in [5.74, 6) is 0.849. The molecule has 6 nitrogen and oxygen atoms in total. The van der Waals surface area contributed by atoms with Gasteiger partial charge in [-0.15, -0.1) is 0 Å². The second-order valence-corrected chi connectivity index (χ2v) is 5.91. The molecule has 0 bridgehead atoms. The highest BCUT2D eigenvalue weighted by Gasteiger charge is 2.33. The molecule has 1 aliphatic rings. The molecule has 0 unspecified atom stereocenters. The minimum atomic E-state index is -0.158. The highest BCUT2D eigenvalue weighted by atomic mass is 16.5. The lowest BCUT2D eigenvalue weighted by Crippen LogP contribution is -2.47. The van der Waals surface area contributed by atoms with E-state index in [-0.39, 0.29) is 11.3 Å². The van der Waals surface area contributed by atoms with Crippen LogP contribution in [-0.4, -0.2) is 53.5 Å². The van der Waals surface area contributed by atoms with E-state index in [1.807, 2.05) is 0 Å². The molecule has 0 radical (unpaired) electrons. The first-order valence-electron chi connectivity index (χ1n) is 7.84. The molecule has 0 saturated carbocycles. The van der Waals surface area contributed by atoms with E-state index in [0.717, 1.165) is 25.9 Å². The zero-order valence-corrected chi connectivity index (χ0v) is 14.1. The van der Waals surface area contributed by atoms with Crippen LogP contribution in [0.3, 0.4) is 0 Å². The molecule has 1 amide bonds. The SMILES string of the molecule is COCC1(CNC(=O)c2cccc(OC)c2OC)CCNCC1. The number of nitrogens with one attached hydrogen (secondary N) is 2. The van der Waals surface area contributed by atoms with Gasteiger partial charge < -0.3 is 24.8 Å². The van der Waals surface area contributed by atoms with Crippen LogP contribution in [0.15, 0.2) is 18.2 Å². The number of hydrogen-bond acceptors (Lipinski definition) is 5. The van der Waals surface area contributed by atoms with Crippen molar-refractivity contribution < 1.29 is 19.0 Å². The topological polar surface area (TPSA) is 68.8 Å². The van der Waals surface area contributed by atoms with Crippen molar-refractivity contribution in [2.24, 2.45) is 5.41 Å². The molecule has 0 aliphatic carbocycles. The smallest absolute Gasteiger partial charge is 0.255 e. The van der Waals surface area contributed by atoms with Crippen molar-refractivity contribution in [3.05, 3.63) is 23.8 Å². The fourth-order valence-electron chi connectivity index (χ4n) is 3.06. The van der Waals surface area contributed by atoms with Gasteiger partial charge in [-0.1, -0.05) is 6.07 Å². The summed E-state index contributed by atoms with van der Waals surface area (Å²) in [6.07, 6.45) is 1.97. The van der Waals surface area contributed by atoms with E-state index >= 15 is 0 Å². The molecule has 1 fully saturated rings. The van der Waals surface area contributed by atoms with Crippen molar-refractivity contribution in [3.8, 4) is 11.5 Å². The maximum atomic E-state index is 12.6. The van der Waals surface area contributed by atoms with Gasteiger partial charge in [0.2, 0.25) is 0 Å². The van der Waals surface area contributed by atoms with Gasteiger partial charge in [-0.2, -0.15) is 0 Å². The first-order chi connectivity index (χ1) is 11.2. The van der Waals surface area contributed by atoms with Crippen LogP contribution in [0.4, 0.5) is 0 Å². The Morgan fingerprint density at radius 1 is 1.22 bits per heavy atom. The number of ether oxygens (including phenoxy) is 3. The minimum Gasteiger partial charge on any atom is -0.493 e. The lowest BCUT2D eigenvalue weighted by Gasteiger charge is -2.37. The maximum absolute atomic E-state index is 12.6. The molecule has 1 aromatic rings. The predicted octanol–water partition coefficient (Wildman–Crippen LogP) is 1.45. The Balaban J connectivity index is 2.09. The normalized spacial score (nSPS) is 16.7. The first kappa shape index (κ1) is 17.6. The number of piperidine rings is 1. The average molecular weight is 322 g/mol. The number of methoxy groups -OCH3 is 3. The Morgan fingerprint density at radius 2 is 1.96 bits per heavy atom. The molecule has 0 aromatic heterocycles. The van der Waals surface area contributed by atoms with Crippen LogP contribution in [0.5, 0.6) is 11.5 Å². The Bertz CT molecular complexity index is 522. The summed E-state index contributed by atoms with van der Waals surface area (Å²) in [4.78, 5) is 12.6. The fraction of sp³-hybridized carbons (Fsp3) is 0.588. The number of amides is 1. The lowest BCUT2D eigenvalue weighted by atomic mass is 9.79. The molecule has 2 N–H and O–H groups in total. The average Bonchev–Trinajstić information content (AvgIpc) is 2.60. The molecule has 2 rings (SSSR count). The highest BCUT2D eigenvalue weighted by molar-refractivity contribution is 5.97. The van der Waals surface area contributed by atoms with Gasteiger partial charge in [0.15, 0.2) is 11.5 Å². The summed E-state index contributed by atoms with van der Waals surface area (Å²) in [5, 5.41) is 6.38. The molecule has 1 aliphatic heterocycles. The Labute approximate surface area is 137 Å². The third-order valence-corrected chi connectivity index (χ3v) is 4.39. The summed E-state index contributed by atoms with van der Waals surface area (Å²) < 4.78 is 16.0. The van der Waals surface area contributed by atoms with Crippen molar-refractivity contribution in [1.29, 1.82) is 0 Å². The third-order valence-electron chi connectivity index (χ3n) is 4.39. The van der Waals surface area contributed by atoms with E-state index in [1.54, 1.807) is 32.4 Å². The van der Waals surface area contributed by atoms with E-state index in [1.165, 1.54) is 7.11 Å². The monoisotopic (exact) mass is 322 g/mol. The van der Waals surface area contributed by atoms with Crippen molar-refractivity contribution >= 4 is 5.91 Å². The summed E-state index contributed by atoms with van der Waals surface area (Å²) in [6, 6.07) is 5.29. The van der Waals surface area contributed by atoms with Crippen LogP contribution in [0.1, 0.15) is 23.2 Å². The van der Waals surface area contributed by atoms with Gasteiger partial charge in [-0.25, -0.2) is 0 Å². The van der Waals surface area contributed by atoms with Gasteiger partial charge in [0, 0.05) is 19.1 Å². The molecule has 1 heterocycles. The number of carbonyl (C=O) groups is 1. The van der Waals surface area contributed by atoms with Crippen molar-refractivity contribution in [3.63, 3.8) is 0 Å². The largest absolute Gasteiger partial charge is 0.493 e. The number of rotatable bonds is 7. The molecule has 0 spiro atoms. The van der Waals surface area contributed by atoms with Gasteiger partial charge in [0.05, 0.1) is 26.4 Å². The van der Waals surface area contributed by atoms with Crippen LogP contribution in [0.2, 0.25) is 0 Å². The molecule has 6 heteroatoms. The van der Waals surface area contributed by atoms with Gasteiger partial charge in [-0.05, 0) is 38.1 Å². The first-order valence-corrected chi connectivity index (χ1v) is 7.84. The molecule has 1 aromatic carbocycles. The number of para-hydroxylation sites is 1. The standard InChI is InChI=1S/C17H26N2O4/c1-21-12-17(7-9-18-10-8-17)11-19-16(20)13-5-4-6-14(22-2)15(13)23-3/h4-6,18H,7-12H2,1-3H3,(H,19,20). The van der Waals surface area contributed by atoms with Gasteiger partial charge in [0.25, 0.3) is 5.91 Å². The van der Waals surface area contributed by atoms with Gasteiger partial charge >= 0.3 is 0 Å². The molecule has 23 heavy (non-hydrogen) atoms. The van der Waals surface area contributed by atoms with Crippen LogP contribution in [-0.2, 0) is 4.74 Å². The van der Waals surface area contributed by atoms with Crippen LogP contribution >= 0.6 is 0 Å². The van der Waals surface area contributed by atoms with E-state index in [4.69, 9.17) is 14.2 Å². The van der Waals surface area contributed by atoms with Gasteiger partial charge in [0.1, 0.15) is 0 Å². The van der Waals surface area contributed by atoms with Gasteiger partial charge in [-0.3, -0.25) is 4.79 Å². The van der Waals surface area contributed by atoms with Crippen molar-refractivity contribution in [2.75, 3.05) is 47.6 Å². The van der Waals surface area contributed by atoms with Crippen LogP contribution in [0, 0.1) is 5.41 Å². The Morgan fingerprint density at radius 3 is 2.57 bits per heavy atom. The molecule has 1 saturated heterocycles. The highest BCUT2D eigenvalue weighted by Crippen LogP contribution is 2.31. The van der Waals surface area contributed by atoms with Crippen molar-refractivity contribution in [2.45, 2.75) is 12.8 Å². The second-order valence-electron chi connectivity index (χ2n) is 5.91. The van der Waals surface area contributed by atoms with E-state index in [0.29, 0.717) is 30.2 Å². The molecular weight excluding hydrogens is 296 g/mol. The number of benzene rings is 1. The van der Waals surface area contributed by atoms with E-state index < -0.39 is 0 Å².